The number of amides is 1. The van der Waals surface area contributed by atoms with E-state index in [2.05, 4.69) is 23.2 Å². The minimum atomic E-state index is -0.604. The van der Waals surface area contributed by atoms with Gasteiger partial charge in [-0.1, -0.05) is 37.3 Å². The van der Waals surface area contributed by atoms with Gasteiger partial charge in [0.15, 0.2) is 0 Å². The molecule has 1 fully saturated rings. The highest BCUT2D eigenvalue weighted by Crippen LogP contribution is 2.52. The molecule has 0 radical (unpaired) electrons. The quantitative estimate of drug-likeness (QED) is 0.330. The summed E-state index contributed by atoms with van der Waals surface area (Å²) in [4.78, 5) is 11.8. The van der Waals surface area contributed by atoms with Crippen molar-refractivity contribution in [1.82, 2.24) is 5.32 Å². The van der Waals surface area contributed by atoms with Gasteiger partial charge in [-0.25, -0.2) is 0 Å². The highest BCUT2D eigenvalue weighted by atomic mass is 16.5. The summed E-state index contributed by atoms with van der Waals surface area (Å²) >= 11 is 0. The third kappa shape index (κ3) is 5.72. The minimum absolute atomic E-state index is 0.0290. The van der Waals surface area contributed by atoms with Crippen molar-refractivity contribution in [3.05, 3.63) is 41.5 Å². The van der Waals surface area contributed by atoms with E-state index in [1.807, 2.05) is 25.1 Å². The lowest BCUT2D eigenvalue weighted by Crippen LogP contribution is -2.26. The van der Waals surface area contributed by atoms with Crippen LogP contribution in [-0.4, -0.2) is 52.7 Å². The van der Waals surface area contributed by atoms with Crippen LogP contribution in [0.4, 0.5) is 0 Å². The molecular weight excluding hydrogens is 406 g/mol. The molecule has 0 aromatic heterocycles. The number of rotatable bonds is 10. The second-order valence-electron chi connectivity index (χ2n) is 8.81. The van der Waals surface area contributed by atoms with Crippen LogP contribution in [0.15, 0.2) is 30.4 Å². The number of aliphatic hydroxyl groups is 3. The molecule has 0 bridgehead atoms. The van der Waals surface area contributed by atoms with E-state index in [9.17, 15) is 15.0 Å². The van der Waals surface area contributed by atoms with Crippen LogP contribution in [0.1, 0.15) is 56.6 Å². The fourth-order valence-corrected chi connectivity index (χ4v) is 4.70. The Hall–Kier alpha value is -2.33. The fourth-order valence-electron chi connectivity index (χ4n) is 4.70. The number of hydrogen-bond donors (Lipinski definition) is 4. The first-order chi connectivity index (χ1) is 15.5. The third-order valence-electron chi connectivity index (χ3n) is 6.49. The van der Waals surface area contributed by atoms with Crippen LogP contribution < -0.4 is 10.1 Å². The highest BCUT2D eigenvalue weighted by Gasteiger charge is 2.48. The molecule has 6 nitrogen and oxygen atoms in total. The van der Waals surface area contributed by atoms with Crippen molar-refractivity contribution in [2.75, 3.05) is 13.2 Å². The van der Waals surface area contributed by atoms with Crippen molar-refractivity contribution in [2.45, 2.75) is 70.2 Å². The van der Waals surface area contributed by atoms with E-state index in [1.165, 1.54) is 0 Å². The molecule has 0 saturated heterocycles. The molecule has 6 atom stereocenters. The zero-order chi connectivity index (χ0) is 23.1. The molecule has 0 unspecified atom stereocenters. The standard InChI is InChI=1S/C26H35NO5/c1-3-4-7-17(2)21(29)13-12-19-22(30)16-23-25(19)20-10-5-8-18(26(20)32-23)9-6-11-24(31)27-14-15-28/h5,8,10,12-13,17,19,21-23,25,28-30H,6-7,9,11,14-16H2,1-2H3,(H,27,31)/b13-12+/t17-,19-,21+,22+,23-,25-/m0/s1. The molecule has 1 heterocycles. The smallest absolute Gasteiger partial charge is 0.220 e. The van der Waals surface area contributed by atoms with Crippen LogP contribution >= 0.6 is 0 Å². The molecule has 174 valence electrons. The number of carbonyl (C=O) groups excluding carboxylic acids is 1. The van der Waals surface area contributed by atoms with Gasteiger partial charge in [0.25, 0.3) is 0 Å². The molecule has 1 amide bonds. The summed E-state index contributed by atoms with van der Waals surface area (Å²) in [5, 5.41) is 32.6. The van der Waals surface area contributed by atoms with Crippen LogP contribution in [0.2, 0.25) is 0 Å². The second-order valence-corrected chi connectivity index (χ2v) is 8.81. The van der Waals surface area contributed by atoms with Gasteiger partial charge in [-0.05, 0) is 31.2 Å². The number of hydrogen-bond acceptors (Lipinski definition) is 5. The van der Waals surface area contributed by atoms with Gasteiger partial charge >= 0.3 is 0 Å². The Labute approximate surface area is 190 Å². The summed E-state index contributed by atoms with van der Waals surface area (Å²) in [7, 11) is 0. The van der Waals surface area contributed by atoms with E-state index in [1.54, 1.807) is 13.0 Å². The van der Waals surface area contributed by atoms with E-state index in [0.717, 1.165) is 23.3 Å². The maximum atomic E-state index is 11.8. The van der Waals surface area contributed by atoms with Gasteiger partial charge in [-0.3, -0.25) is 4.79 Å². The number of fused-ring (bicyclic) bond motifs is 3. The van der Waals surface area contributed by atoms with Crippen LogP contribution in [0.5, 0.6) is 5.75 Å². The van der Waals surface area contributed by atoms with Crippen LogP contribution in [0.3, 0.4) is 0 Å². The normalized spacial score (nSPS) is 25.4. The Kier molecular flexibility index (Phi) is 8.75. The first-order valence-electron chi connectivity index (χ1n) is 11.6. The highest BCUT2D eigenvalue weighted by molar-refractivity contribution is 5.75. The SMILES string of the molecule is CC#CC[C@H](C)[C@H](O)/C=C/[C@@H]1[C@H]2c3cccc(CCCC(=O)NCCO)c3O[C@H]2C[C@H]1O. The monoisotopic (exact) mass is 441 g/mol. The summed E-state index contributed by atoms with van der Waals surface area (Å²) in [5.74, 6) is 6.67. The molecular formula is C26H35NO5. The average Bonchev–Trinajstić information content (AvgIpc) is 3.29. The van der Waals surface area contributed by atoms with Crippen molar-refractivity contribution in [2.24, 2.45) is 11.8 Å². The Balaban J connectivity index is 1.67. The van der Waals surface area contributed by atoms with Gasteiger partial charge in [-0.15, -0.1) is 11.8 Å². The number of ether oxygens (including phenoxy) is 1. The summed E-state index contributed by atoms with van der Waals surface area (Å²) < 4.78 is 6.28. The number of nitrogens with one attached hydrogen (secondary N) is 1. The van der Waals surface area contributed by atoms with E-state index in [-0.39, 0.29) is 42.9 Å². The van der Waals surface area contributed by atoms with E-state index < -0.39 is 12.2 Å². The molecule has 4 N–H and O–H groups in total. The van der Waals surface area contributed by atoms with Gasteiger partial charge in [0.2, 0.25) is 5.91 Å². The predicted molar refractivity (Wildman–Crippen MR) is 123 cm³/mol. The topological polar surface area (TPSA) is 99.0 Å². The molecule has 1 aromatic rings. The summed E-state index contributed by atoms with van der Waals surface area (Å²) in [5.41, 5.74) is 2.18. The zero-order valence-corrected chi connectivity index (χ0v) is 19.0. The zero-order valence-electron chi connectivity index (χ0n) is 19.0. The average molecular weight is 442 g/mol. The van der Waals surface area contributed by atoms with E-state index in [0.29, 0.717) is 25.7 Å². The molecule has 3 rings (SSSR count). The molecule has 6 heteroatoms. The Morgan fingerprint density at radius 3 is 2.97 bits per heavy atom. The van der Waals surface area contributed by atoms with Gasteiger partial charge in [0.1, 0.15) is 11.9 Å². The van der Waals surface area contributed by atoms with Crippen molar-refractivity contribution < 1.29 is 24.9 Å². The maximum Gasteiger partial charge on any atom is 0.220 e. The lowest BCUT2D eigenvalue weighted by molar-refractivity contribution is -0.121. The number of aryl methyl sites for hydroxylation is 1. The van der Waals surface area contributed by atoms with Crippen molar-refractivity contribution in [3.63, 3.8) is 0 Å². The summed E-state index contributed by atoms with van der Waals surface area (Å²) in [6.07, 6.45) is 5.58. The van der Waals surface area contributed by atoms with Gasteiger partial charge in [-0.2, -0.15) is 0 Å². The molecule has 1 aliphatic heterocycles. The van der Waals surface area contributed by atoms with Crippen molar-refractivity contribution >= 4 is 5.91 Å². The fraction of sp³-hybridized carbons (Fsp3) is 0.577. The van der Waals surface area contributed by atoms with Gasteiger partial charge in [0.05, 0.1) is 18.8 Å². The summed E-state index contributed by atoms with van der Waals surface area (Å²) in [6, 6.07) is 6.11. The lowest BCUT2D eigenvalue weighted by Gasteiger charge is -2.19. The Morgan fingerprint density at radius 1 is 1.41 bits per heavy atom. The van der Waals surface area contributed by atoms with E-state index in [4.69, 9.17) is 9.84 Å². The minimum Gasteiger partial charge on any atom is -0.489 e. The van der Waals surface area contributed by atoms with Gasteiger partial charge in [0, 0.05) is 43.2 Å². The molecule has 1 aromatic carbocycles. The second kappa shape index (κ2) is 11.5. The largest absolute Gasteiger partial charge is 0.489 e. The maximum absolute atomic E-state index is 11.8. The lowest BCUT2D eigenvalue weighted by atomic mass is 9.86. The Bertz CT molecular complexity index is 871. The Morgan fingerprint density at radius 2 is 2.22 bits per heavy atom. The van der Waals surface area contributed by atoms with Crippen molar-refractivity contribution in [3.8, 4) is 17.6 Å². The van der Waals surface area contributed by atoms with Crippen molar-refractivity contribution in [1.29, 1.82) is 0 Å². The summed E-state index contributed by atoms with van der Waals surface area (Å²) in [6.45, 7) is 3.99. The third-order valence-corrected chi connectivity index (χ3v) is 6.49. The predicted octanol–water partition coefficient (Wildman–Crippen LogP) is 2.31. The molecule has 0 spiro atoms. The number of para-hydroxylation sites is 1. The first-order valence-corrected chi connectivity index (χ1v) is 11.6. The van der Waals surface area contributed by atoms with E-state index >= 15 is 0 Å². The van der Waals surface area contributed by atoms with Crippen LogP contribution in [0.25, 0.3) is 0 Å². The molecule has 32 heavy (non-hydrogen) atoms. The number of carbonyl (C=O) groups is 1. The van der Waals surface area contributed by atoms with Gasteiger partial charge < -0.3 is 25.4 Å². The van der Waals surface area contributed by atoms with Crippen LogP contribution in [0, 0.1) is 23.7 Å². The first kappa shape index (κ1) is 24.3. The molecule has 2 aliphatic rings. The number of aliphatic hydroxyl groups excluding tert-OH is 3. The molecule has 1 aliphatic carbocycles. The number of benzene rings is 1. The molecule has 1 saturated carbocycles. The van der Waals surface area contributed by atoms with Crippen LogP contribution in [-0.2, 0) is 11.2 Å².